The van der Waals surface area contributed by atoms with Crippen molar-refractivity contribution in [2.45, 2.75) is 44.9 Å². The molecule has 7 nitrogen and oxygen atoms in total. The van der Waals surface area contributed by atoms with Gasteiger partial charge in [0.15, 0.2) is 23.0 Å². The van der Waals surface area contributed by atoms with Crippen molar-refractivity contribution in [3.8, 4) is 28.7 Å². The molecule has 0 amide bonds. The molecule has 182 valence electrons. The molecule has 0 spiro atoms. The van der Waals surface area contributed by atoms with Gasteiger partial charge < -0.3 is 28.8 Å². The van der Waals surface area contributed by atoms with E-state index in [2.05, 4.69) is 30.9 Å². The number of ether oxygens (including phenoxy) is 5. The number of methoxy groups -OCH3 is 5. The van der Waals surface area contributed by atoms with Gasteiger partial charge in [0.05, 0.1) is 42.2 Å². The third kappa shape index (κ3) is 3.86. The highest BCUT2D eigenvalue weighted by Gasteiger charge is 2.43. The van der Waals surface area contributed by atoms with Gasteiger partial charge in [-0.15, -0.1) is 12.4 Å². The molecule has 2 heterocycles. The lowest BCUT2D eigenvalue weighted by molar-refractivity contribution is 0.115. The second-order valence-corrected chi connectivity index (χ2v) is 9.00. The van der Waals surface area contributed by atoms with Crippen molar-refractivity contribution >= 4 is 12.4 Å². The van der Waals surface area contributed by atoms with Gasteiger partial charge in [-0.3, -0.25) is 4.90 Å². The Morgan fingerprint density at radius 1 is 0.879 bits per heavy atom. The molecule has 2 aromatic rings. The molecule has 0 bridgehead atoms. The fourth-order valence-electron chi connectivity index (χ4n) is 5.49. The number of aliphatic hydroxyl groups is 1. The van der Waals surface area contributed by atoms with Crippen LogP contribution in [-0.2, 0) is 25.0 Å². The van der Waals surface area contributed by atoms with Crippen LogP contribution >= 0.6 is 12.4 Å². The highest BCUT2D eigenvalue weighted by molar-refractivity contribution is 5.85. The standard InChI is InChI=1S/C25H33NO6.ClH/c1-25(2)13-26-11-16-14(17(12-27)23(31-6)24(32-7)22(16)30-5)8-19(26)15-9-20(28-3)21(29-4)10-18(15)25;/h9-10,19,27H,8,11-13H2,1-7H3;1H. The molecule has 0 aliphatic carbocycles. The predicted molar refractivity (Wildman–Crippen MR) is 129 cm³/mol. The zero-order valence-electron chi connectivity index (χ0n) is 20.4. The summed E-state index contributed by atoms with van der Waals surface area (Å²) < 4.78 is 28.3. The lowest BCUT2D eigenvalue weighted by atomic mass is 9.72. The molecule has 1 N–H and O–H groups in total. The van der Waals surface area contributed by atoms with Gasteiger partial charge in [-0.05, 0) is 35.2 Å². The van der Waals surface area contributed by atoms with Crippen LogP contribution in [0.15, 0.2) is 12.1 Å². The summed E-state index contributed by atoms with van der Waals surface area (Å²) in [7, 11) is 8.17. The number of halogens is 1. The predicted octanol–water partition coefficient (Wildman–Crippen LogP) is 4.03. The highest BCUT2D eigenvalue weighted by atomic mass is 35.5. The fourth-order valence-corrected chi connectivity index (χ4v) is 5.49. The first-order valence-electron chi connectivity index (χ1n) is 10.8. The summed E-state index contributed by atoms with van der Waals surface area (Å²) in [6, 6.07) is 4.36. The van der Waals surface area contributed by atoms with Crippen molar-refractivity contribution < 1.29 is 28.8 Å². The van der Waals surface area contributed by atoms with E-state index in [1.54, 1.807) is 35.5 Å². The van der Waals surface area contributed by atoms with Gasteiger partial charge in [0.1, 0.15) is 0 Å². The molecular formula is C25H34ClNO6. The van der Waals surface area contributed by atoms with Crippen LogP contribution in [-0.4, -0.2) is 52.1 Å². The minimum absolute atomic E-state index is 0. The van der Waals surface area contributed by atoms with Gasteiger partial charge in [-0.25, -0.2) is 0 Å². The van der Waals surface area contributed by atoms with Crippen LogP contribution in [0.4, 0.5) is 0 Å². The minimum atomic E-state index is -0.136. The SMILES string of the molecule is COc1cc2c(cc1OC)C(C)(C)CN1Cc3c(c(CO)c(OC)c(OC)c3OC)CC21.Cl. The fraction of sp³-hybridized carbons (Fsp3) is 0.520. The number of hydrogen-bond acceptors (Lipinski definition) is 7. The van der Waals surface area contributed by atoms with Crippen LogP contribution in [0.5, 0.6) is 28.7 Å². The maximum absolute atomic E-state index is 10.3. The maximum Gasteiger partial charge on any atom is 0.204 e. The Morgan fingerprint density at radius 2 is 1.48 bits per heavy atom. The van der Waals surface area contributed by atoms with E-state index in [4.69, 9.17) is 23.7 Å². The molecule has 4 rings (SSSR count). The van der Waals surface area contributed by atoms with E-state index in [1.165, 1.54) is 11.1 Å². The Hall–Kier alpha value is -2.35. The zero-order valence-corrected chi connectivity index (χ0v) is 21.2. The topological polar surface area (TPSA) is 69.6 Å². The monoisotopic (exact) mass is 479 g/mol. The van der Waals surface area contributed by atoms with Gasteiger partial charge in [0.25, 0.3) is 0 Å². The molecule has 2 aromatic carbocycles. The molecule has 0 saturated heterocycles. The number of benzene rings is 2. The average Bonchev–Trinajstić information content (AvgIpc) is 2.80. The zero-order chi connectivity index (χ0) is 23.2. The second-order valence-electron chi connectivity index (χ2n) is 9.00. The Labute approximate surface area is 201 Å². The van der Waals surface area contributed by atoms with Crippen LogP contribution in [0.2, 0.25) is 0 Å². The van der Waals surface area contributed by atoms with Crippen LogP contribution in [0, 0.1) is 0 Å². The maximum atomic E-state index is 10.3. The lowest BCUT2D eigenvalue weighted by Gasteiger charge is -2.48. The van der Waals surface area contributed by atoms with Crippen LogP contribution in [0.3, 0.4) is 0 Å². The second kappa shape index (κ2) is 9.49. The summed E-state index contributed by atoms with van der Waals surface area (Å²) in [6.45, 7) is 5.95. The lowest BCUT2D eigenvalue weighted by Crippen LogP contribution is -2.47. The van der Waals surface area contributed by atoms with E-state index in [1.807, 2.05) is 0 Å². The van der Waals surface area contributed by atoms with Crippen molar-refractivity contribution in [1.82, 2.24) is 4.90 Å². The summed E-state index contributed by atoms with van der Waals surface area (Å²) >= 11 is 0. The number of fused-ring (bicyclic) bond motifs is 4. The van der Waals surface area contributed by atoms with Crippen molar-refractivity contribution in [2.24, 2.45) is 0 Å². The van der Waals surface area contributed by atoms with Gasteiger partial charge in [0.2, 0.25) is 5.75 Å². The summed E-state index contributed by atoms with van der Waals surface area (Å²) in [5.41, 5.74) is 5.27. The van der Waals surface area contributed by atoms with Crippen molar-refractivity contribution in [3.05, 3.63) is 39.9 Å². The van der Waals surface area contributed by atoms with Gasteiger partial charge in [0, 0.05) is 35.7 Å². The minimum Gasteiger partial charge on any atom is -0.493 e. The Morgan fingerprint density at radius 3 is 2.03 bits per heavy atom. The molecule has 8 heteroatoms. The van der Waals surface area contributed by atoms with E-state index in [9.17, 15) is 5.11 Å². The molecule has 0 saturated carbocycles. The number of aliphatic hydroxyl groups excluding tert-OH is 1. The summed E-state index contributed by atoms with van der Waals surface area (Å²) in [5, 5.41) is 10.3. The van der Waals surface area contributed by atoms with Gasteiger partial charge in [-0.2, -0.15) is 0 Å². The third-order valence-corrected chi connectivity index (χ3v) is 6.90. The molecule has 0 radical (unpaired) electrons. The van der Waals surface area contributed by atoms with E-state index >= 15 is 0 Å². The molecule has 33 heavy (non-hydrogen) atoms. The number of hydrogen-bond donors (Lipinski definition) is 1. The molecule has 0 fully saturated rings. The molecular weight excluding hydrogens is 446 g/mol. The number of nitrogens with zero attached hydrogens (tertiary/aromatic N) is 1. The van der Waals surface area contributed by atoms with Crippen molar-refractivity contribution in [1.29, 1.82) is 0 Å². The molecule has 1 atom stereocenters. The quantitative estimate of drug-likeness (QED) is 0.670. The van der Waals surface area contributed by atoms with Crippen LogP contribution in [0.25, 0.3) is 0 Å². The molecule has 2 aliphatic heterocycles. The largest absolute Gasteiger partial charge is 0.493 e. The van der Waals surface area contributed by atoms with Crippen molar-refractivity contribution in [3.63, 3.8) is 0 Å². The molecule has 0 aromatic heterocycles. The van der Waals surface area contributed by atoms with E-state index in [0.717, 1.165) is 41.2 Å². The average molecular weight is 480 g/mol. The molecule has 2 aliphatic rings. The third-order valence-electron chi connectivity index (χ3n) is 6.90. The van der Waals surface area contributed by atoms with Crippen LogP contribution in [0.1, 0.15) is 47.7 Å². The smallest absolute Gasteiger partial charge is 0.204 e. The van der Waals surface area contributed by atoms with E-state index in [-0.39, 0.29) is 30.5 Å². The first-order valence-corrected chi connectivity index (χ1v) is 10.8. The van der Waals surface area contributed by atoms with E-state index in [0.29, 0.717) is 23.8 Å². The number of rotatable bonds is 6. The molecule has 1 unspecified atom stereocenters. The Balaban J connectivity index is 0.00000306. The van der Waals surface area contributed by atoms with Gasteiger partial charge in [-0.1, -0.05) is 13.8 Å². The first kappa shape index (κ1) is 25.3. The van der Waals surface area contributed by atoms with Crippen molar-refractivity contribution in [2.75, 3.05) is 42.1 Å². The normalized spacial score (nSPS) is 18.2. The summed E-state index contributed by atoms with van der Waals surface area (Å²) in [5.74, 6) is 3.20. The highest BCUT2D eigenvalue weighted by Crippen LogP contribution is 2.53. The summed E-state index contributed by atoms with van der Waals surface area (Å²) in [6.07, 6.45) is 0.723. The van der Waals surface area contributed by atoms with E-state index < -0.39 is 0 Å². The summed E-state index contributed by atoms with van der Waals surface area (Å²) in [4.78, 5) is 2.48. The first-order chi connectivity index (χ1) is 15.3. The van der Waals surface area contributed by atoms with Gasteiger partial charge >= 0.3 is 0 Å². The Bertz CT molecular complexity index is 1040. The van der Waals surface area contributed by atoms with Crippen LogP contribution < -0.4 is 23.7 Å². The Kier molecular flexibility index (Phi) is 7.27.